The highest BCUT2D eigenvalue weighted by molar-refractivity contribution is 5.86. The van der Waals surface area contributed by atoms with Crippen LogP contribution in [0.1, 0.15) is 26.2 Å². The van der Waals surface area contributed by atoms with Crippen molar-refractivity contribution in [2.45, 2.75) is 26.2 Å². The lowest BCUT2D eigenvalue weighted by Crippen LogP contribution is -2.39. The number of Topliss-reactive ketones (excluding diaryl/α,β-unsaturated/α-hetero) is 1. The van der Waals surface area contributed by atoms with Crippen LogP contribution in [-0.4, -0.2) is 31.3 Å². The van der Waals surface area contributed by atoms with Crippen LogP contribution in [0.2, 0.25) is 0 Å². The highest BCUT2D eigenvalue weighted by atomic mass is 16.2. The van der Waals surface area contributed by atoms with Gasteiger partial charge in [0.25, 0.3) is 0 Å². The average molecular weight is 198 g/mol. The zero-order valence-electron chi connectivity index (χ0n) is 8.64. The average Bonchev–Trinajstić information content (AvgIpc) is 2.26. The summed E-state index contributed by atoms with van der Waals surface area (Å²) >= 11 is 0. The van der Waals surface area contributed by atoms with Gasteiger partial charge in [0.15, 0.2) is 5.78 Å². The molecule has 1 aliphatic heterocycles. The minimum Gasteiger partial charge on any atom is -0.349 e. The Morgan fingerprint density at radius 3 is 2.57 bits per heavy atom. The van der Waals surface area contributed by atoms with E-state index in [4.69, 9.17) is 0 Å². The van der Waals surface area contributed by atoms with E-state index in [1.807, 2.05) is 0 Å². The fourth-order valence-corrected chi connectivity index (χ4v) is 1.54. The third kappa shape index (κ3) is 3.46. The quantitative estimate of drug-likeness (QED) is 0.672. The minimum absolute atomic E-state index is 0.0355. The van der Waals surface area contributed by atoms with Crippen molar-refractivity contribution in [2.75, 3.05) is 19.6 Å². The van der Waals surface area contributed by atoms with Gasteiger partial charge in [-0.15, -0.1) is 0 Å². The van der Waals surface area contributed by atoms with Crippen molar-refractivity contribution >= 4 is 11.7 Å². The van der Waals surface area contributed by atoms with Crippen LogP contribution in [0, 0.1) is 5.92 Å². The summed E-state index contributed by atoms with van der Waals surface area (Å²) in [6, 6.07) is 0. The minimum atomic E-state index is 0.0355. The summed E-state index contributed by atoms with van der Waals surface area (Å²) in [5, 5.41) is 5.89. The van der Waals surface area contributed by atoms with E-state index < -0.39 is 0 Å². The number of hydrogen-bond donors (Lipinski definition) is 2. The number of hydrogen-bond acceptors (Lipinski definition) is 3. The lowest BCUT2D eigenvalue weighted by molar-refractivity contribution is -0.128. The molecule has 1 amide bonds. The Balaban J connectivity index is 2.23. The number of carbonyl (C=O) groups excluding carboxylic acids is 2. The maximum absolute atomic E-state index is 11.5. The van der Waals surface area contributed by atoms with Crippen molar-refractivity contribution in [3.8, 4) is 0 Å². The van der Waals surface area contributed by atoms with E-state index in [1.165, 1.54) is 0 Å². The van der Waals surface area contributed by atoms with Crippen LogP contribution in [0.15, 0.2) is 0 Å². The molecule has 0 atom stereocenters. The van der Waals surface area contributed by atoms with Crippen LogP contribution in [0.3, 0.4) is 0 Å². The monoisotopic (exact) mass is 198 g/mol. The fraction of sp³-hybridized carbons (Fsp3) is 0.800. The number of carbonyl (C=O) groups is 2. The Labute approximate surface area is 84.4 Å². The smallest absolute Gasteiger partial charge is 0.223 e. The molecule has 14 heavy (non-hydrogen) atoms. The van der Waals surface area contributed by atoms with Gasteiger partial charge in [-0.05, 0) is 25.9 Å². The molecule has 0 bridgehead atoms. The number of rotatable bonds is 4. The molecule has 0 aliphatic carbocycles. The number of nitrogens with one attached hydrogen (secondary N) is 2. The summed E-state index contributed by atoms with van der Waals surface area (Å²) in [7, 11) is 0. The van der Waals surface area contributed by atoms with Gasteiger partial charge in [-0.25, -0.2) is 0 Å². The second-order valence-corrected chi connectivity index (χ2v) is 3.63. The van der Waals surface area contributed by atoms with Gasteiger partial charge in [-0.1, -0.05) is 6.92 Å². The predicted octanol–water partition coefficient (Wildman–Crippen LogP) is 0.0813. The lowest BCUT2D eigenvalue weighted by Gasteiger charge is -2.21. The molecule has 0 radical (unpaired) electrons. The highest BCUT2D eigenvalue weighted by Gasteiger charge is 2.20. The zero-order valence-corrected chi connectivity index (χ0v) is 8.64. The van der Waals surface area contributed by atoms with E-state index in [1.54, 1.807) is 6.92 Å². The molecule has 1 aliphatic rings. The summed E-state index contributed by atoms with van der Waals surface area (Å²) < 4.78 is 0. The van der Waals surface area contributed by atoms with E-state index in [0.717, 1.165) is 25.9 Å². The normalized spacial score (nSPS) is 17.8. The SMILES string of the molecule is CCC(=O)CNC(=O)C1CCNCC1. The van der Waals surface area contributed by atoms with Crippen LogP contribution >= 0.6 is 0 Å². The van der Waals surface area contributed by atoms with Gasteiger partial charge in [-0.2, -0.15) is 0 Å². The third-order valence-corrected chi connectivity index (χ3v) is 2.56. The molecular weight excluding hydrogens is 180 g/mol. The molecule has 4 nitrogen and oxygen atoms in total. The lowest BCUT2D eigenvalue weighted by atomic mass is 9.97. The van der Waals surface area contributed by atoms with Gasteiger partial charge in [0, 0.05) is 12.3 Å². The van der Waals surface area contributed by atoms with Crippen molar-refractivity contribution in [1.82, 2.24) is 10.6 Å². The number of amides is 1. The van der Waals surface area contributed by atoms with Gasteiger partial charge in [0.05, 0.1) is 6.54 Å². The summed E-state index contributed by atoms with van der Waals surface area (Å²) in [5.74, 6) is 0.224. The van der Waals surface area contributed by atoms with Gasteiger partial charge < -0.3 is 10.6 Å². The van der Waals surface area contributed by atoms with E-state index >= 15 is 0 Å². The van der Waals surface area contributed by atoms with Crippen LogP contribution in [0.25, 0.3) is 0 Å². The van der Waals surface area contributed by atoms with E-state index in [9.17, 15) is 9.59 Å². The van der Waals surface area contributed by atoms with Gasteiger partial charge >= 0.3 is 0 Å². The first-order valence-corrected chi connectivity index (χ1v) is 5.24. The van der Waals surface area contributed by atoms with Gasteiger partial charge in [0.2, 0.25) is 5.91 Å². The van der Waals surface area contributed by atoms with Crippen molar-refractivity contribution in [1.29, 1.82) is 0 Å². The summed E-state index contributed by atoms with van der Waals surface area (Å²) in [6.07, 6.45) is 2.25. The molecule has 2 N–H and O–H groups in total. The molecule has 1 fully saturated rings. The second kappa shape index (κ2) is 5.75. The number of piperidine rings is 1. The summed E-state index contributed by atoms with van der Waals surface area (Å²) in [4.78, 5) is 22.5. The Morgan fingerprint density at radius 2 is 2.00 bits per heavy atom. The first-order valence-electron chi connectivity index (χ1n) is 5.24. The molecule has 80 valence electrons. The van der Waals surface area contributed by atoms with E-state index in [0.29, 0.717) is 6.42 Å². The van der Waals surface area contributed by atoms with Crippen LogP contribution in [0.5, 0.6) is 0 Å². The molecule has 1 heterocycles. The van der Waals surface area contributed by atoms with Gasteiger partial charge in [0.1, 0.15) is 0 Å². The molecule has 1 rings (SSSR count). The first-order chi connectivity index (χ1) is 6.74. The summed E-state index contributed by atoms with van der Waals surface area (Å²) in [6.45, 7) is 3.80. The Hall–Kier alpha value is -0.900. The van der Waals surface area contributed by atoms with Crippen molar-refractivity contribution < 1.29 is 9.59 Å². The molecule has 0 aromatic rings. The number of ketones is 1. The van der Waals surface area contributed by atoms with Crippen LogP contribution in [0.4, 0.5) is 0 Å². The molecule has 0 aromatic carbocycles. The Kier molecular flexibility index (Phi) is 4.59. The van der Waals surface area contributed by atoms with E-state index in [2.05, 4.69) is 10.6 Å². The Morgan fingerprint density at radius 1 is 1.36 bits per heavy atom. The van der Waals surface area contributed by atoms with Crippen molar-refractivity contribution in [2.24, 2.45) is 5.92 Å². The Bertz CT molecular complexity index is 210. The largest absolute Gasteiger partial charge is 0.349 e. The maximum atomic E-state index is 11.5. The molecule has 0 unspecified atom stereocenters. The van der Waals surface area contributed by atoms with Crippen LogP contribution < -0.4 is 10.6 Å². The van der Waals surface area contributed by atoms with E-state index in [-0.39, 0.29) is 24.2 Å². The maximum Gasteiger partial charge on any atom is 0.223 e. The molecular formula is C10H18N2O2. The van der Waals surface area contributed by atoms with Crippen molar-refractivity contribution in [3.05, 3.63) is 0 Å². The first kappa shape index (κ1) is 11.2. The zero-order chi connectivity index (χ0) is 10.4. The van der Waals surface area contributed by atoms with Crippen LogP contribution in [-0.2, 0) is 9.59 Å². The molecule has 4 heteroatoms. The molecule has 0 aromatic heterocycles. The highest BCUT2D eigenvalue weighted by Crippen LogP contribution is 2.10. The third-order valence-electron chi connectivity index (χ3n) is 2.56. The second-order valence-electron chi connectivity index (χ2n) is 3.63. The predicted molar refractivity (Wildman–Crippen MR) is 53.9 cm³/mol. The fourth-order valence-electron chi connectivity index (χ4n) is 1.54. The van der Waals surface area contributed by atoms with Crippen molar-refractivity contribution in [3.63, 3.8) is 0 Å². The molecule has 0 spiro atoms. The standard InChI is InChI=1S/C10H18N2O2/c1-2-9(13)7-12-10(14)8-3-5-11-6-4-8/h8,11H,2-7H2,1H3,(H,12,14). The summed E-state index contributed by atoms with van der Waals surface area (Å²) in [5.41, 5.74) is 0. The van der Waals surface area contributed by atoms with Gasteiger partial charge in [-0.3, -0.25) is 9.59 Å². The molecule has 1 saturated heterocycles. The topological polar surface area (TPSA) is 58.2 Å². The molecule has 0 saturated carbocycles.